The number of hydroxylamine groups is 1. The fourth-order valence-electron chi connectivity index (χ4n) is 2.91. The molecule has 2 aromatic rings. The Balaban J connectivity index is 2.44. The summed E-state index contributed by atoms with van der Waals surface area (Å²) in [6, 6.07) is 5.92. The van der Waals surface area contributed by atoms with E-state index in [1.807, 2.05) is 33.8 Å². The quantitative estimate of drug-likeness (QED) is 0.252. The smallest absolute Gasteiger partial charge is 0.246 e. The lowest BCUT2D eigenvalue weighted by atomic mass is 10.0. The lowest BCUT2D eigenvalue weighted by Gasteiger charge is -2.23. The van der Waals surface area contributed by atoms with E-state index < -0.39 is 15.8 Å². The van der Waals surface area contributed by atoms with Gasteiger partial charge in [-0.25, -0.2) is 23.2 Å². The fraction of sp³-hybridized carbons (Fsp3) is 0.381. The van der Waals surface area contributed by atoms with Crippen LogP contribution in [0.2, 0.25) is 0 Å². The van der Waals surface area contributed by atoms with Gasteiger partial charge in [0.1, 0.15) is 22.1 Å². The number of hydrogen-bond donors (Lipinski definition) is 4. The highest BCUT2D eigenvalue weighted by molar-refractivity contribution is 7.89. The first-order valence-electron chi connectivity index (χ1n) is 9.87. The molecule has 0 amide bonds. The number of aryl methyl sites for hydroxylation is 2. The summed E-state index contributed by atoms with van der Waals surface area (Å²) in [6.07, 6.45) is 0. The molecule has 0 fully saturated rings. The number of nitrogens with zero attached hydrogens (tertiary/aromatic N) is 2. The number of aliphatic imine (C=N–C) groups is 1. The SMILES string of the molecule is C=C(N[C@@H](c1cc(C)c(C)o1)C(C)C)C(=Nc1cccc(S(=O)(=O)N(C)C)c1O)NON. The summed E-state index contributed by atoms with van der Waals surface area (Å²) in [7, 11) is -1.14. The van der Waals surface area contributed by atoms with E-state index in [-0.39, 0.29) is 28.4 Å². The van der Waals surface area contributed by atoms with Crippen LogP contribution >= 0.6 is 0 Å². The third-order valence-electron chi connectivity index (χ3n) is 4.90. The predicted octanol–water partition coefficient (Wildman–Crippen LogP) is 2.78. The number of amidine groups is 1. The van der Waals surface area contributed by atoms with Crippen LogP contribution in [0.1, 0.15) is 37.0 Å². The van der Waals surface area contributed by atoms with Crippen LogP contribution in [-0.2, 0) is 15.0 Å². The number of rotatable bonds is 9. The highest BCUT2D eigenvalue weighted by Gasteiger charge is 2.25. The fourth-order valence-corrected chi connectivity index (χ4v) is 3.90. The van der Waals surface area contributed by atoms with Crippen molar-refractivity contribution in [1.82, 2.24) is 15.1 Å². The number of nitrogens with one attached hydrogen (secondary N) is 2. The third-order valence-corrected chi connectivity index (χ3v) is 6.74. The van der Waals surface area contributed by atoms with Crippen LogP contribution < -0.4 is 16.7 Å². The zero-order chi connectivity index (χ0) is 24.2. The van der Waals surface area contributed by atoms with Crippen molar-refractivity contribution in [2.75, 3.05) is 14.1 Å². The highest BCUT2D eigenvalue weighted by atomic mass is 32.2. The van der Waals surface area contributed by atoms with E-state index in [1.165, 1.54) is 32.3 Å². The maximum absolute atomic E-state index is 12.5. The lowest BCUT2D eigenvalue weighted by molar-refractivity contribution is 0.0864. The molecule has 10 nitrogen and oxygen atoms in total. The van der Waals surface area contributed by atoms with Gasteiger partial charge in [0, 0.05) is 14.1 Å². The Morgan fingerprint density at radius 1 is 1.31 bits per heavy atom. The van der Waals surface area contributed by atoms with Gasteiger partial charge in [0.25, 0.3) is 0 Å². The van der Waals surface area contributed by atoms with E-state index in [0.717, 1.165) is 21.4 Å². The topological polar surface area (TPSA) is 142 Å². The molecule has 0 radical (unpaired) electrons. The average molecular weight is 466 g/mol. The van der Waals surface area contributed by atoms with Gasteiger partial charge in [0.15, 0.2) is 11.6 Å². The summed E-state index contributed by atoms with van der Waals surface area (Å²) in [5.74, 6) is 6.39. The van der Waals surface area contributed by atoms with Crippen molar-refractivity contribution in [3.05, 3.63) is 53.6 Å². The summed E-state index contributed by atoms with van der Waals surface area (Å²) < 4.78 is 31.8. The summed E-state index contributed by atoms with van der Waals surface area (Å²) in [4.78, 5) is 8.54. The summed E-state index contributed by atoms with van der Waals surface area (Å²) in [5, 5.41) is 13.8. The van der Waals surface area contributed by atoms with Crippen LogP contribution in [0.15, 0.2) is 50.8 Å². The second-order valence-corrected chi connectivity index (χ2v) is 9.94. The molecular weight excluding hydrogens is 434 g/mol. The minimum Gasteiger partial charge on any atom is -0.504 e. The Kier molecular flexibility index (Phi) is 8.07. The molecule has 176 valence electrons. The van der Waals surface area contributed by atoms with Crippen LogP contribution in [0, 0.1) is 19.8 Å². The van der Waals surface area contributed by atoms with Crippen LogP contribution in [0.4, 0.5) is 5.69 Å². The van der Waals surface area contributed by atoms with Gasteiger partial charge in [-0.15, -0.1) is 0 Å². The van der Waals surface area contributed by atoms with Crippen molar-refractivity contribution < 1.29 is 22.9 Å². The molecule has 1 heterocycles. The molecule has 0 bridgehead atoms. The molecule has 0 unspecified atom stereocenters. The molecule has 0 aliphatic heterocycles. The zero-order valence-electron chi connectivity index (χ0n) is 19.1. The van der Waals surface area contributed by atoms with Crippen LogP contribution in [0.25, 0.3) is 0 Å². The second-order valence-electron chi connectivity index (χ2n) is 7.82. The van der Waals surface area contributed by atoms with Crippen LogP contribution in [-0.4, -0.2) is 37.8 Å². The van der Waals surface area contributed by atoms with Crippen molar-refractivity contribution in [2.45, 2.75) is 38.6 Å². The molecule has 0 aliphatic carbocycles. The third kappa shape index (κ3) is 5.49. The first-order valence-corrected chi connectivity index (χ1v) is 11.3. The molecular formula is C21H31N5O5S. The molecule has 0 spiro atoms. The summed E-state index contributed by atoms with van der Waals surface area (Å²) >= 11 is 0. The number of para-hydroxylation sites is 1. The van der Waals surface area contributed by atoms with E-state index in [1.54, 1.807) is 0 Å². The van der Waals surface area contributed by atoms with Gasteiger partial charge in [-0.2, -0.15) is 10.8 Å². The average Bonchev–Trinajstić information content (AvgIpc) is 3.04. The number of aromatic hydroxyl groups is 1. The number of nitrogens with two attached hydrogens (primary N) is 1. The Morgan fingerprint density at radius 2 is 1.97 bits per heavy atom. The Labute approximate surface area is 188 Å². The van der Waals surface area contributed by atoms with Crippen molar-refractivity contribution in [3.63, 3.8) is 0 Å². The van der Waals surface area contributed by atoms with Gasteiger partial charge in [0.2, 0.25) is 10.0 Å². The van der Waals surface area contributed by atoms with E-state index in [4.69, 9.17) is 10.3 Å². The van der Waals surface area contributed by atoms with Crippen molar-refractivity contribution in [3.8, 4) is 5.75 Å². The molecule has 1 atom stereocenters. The van der Waals surface area contributed by atoms with Gasteiger partial charge in [0.05, 0.1) is 11.7 Å². The van der Waals surface area contributed by atoms with Crippen molar-refractivity contribution in [2.24, 2.45) is 16.8 Å². The molecule has 0 aliphatic rings. The van der Waals surface area contributed by atoms with Gasteiger partial charge in [-0.1, -0.05) is 26.5 Å². The first-order chi connectivity index (χ1) is 14.9. The monoisotopic (exact) mass is 465 g/mol. The molecule has 1 aromatic carbocycles. The lowest BCUT2D eigenvalue weighted by Crippen LogP contribution is -2.36. The van der Waals surface area contributed by atoms with Gasteiger partial charge in [-0.05, 0) is 43.5 Å². The summed E-state index contributed by atoms with van der Waals surface area (Å²) in [6.45, 7) is 11.9. The first kappa shape index (κ1) is 25.4. The largest absolute Gasteiger partial charge is 0.504 e. The zero-order valence-corrected chi connectivity index (χ0v) is 19.9. The molecule has 0 saturated heterocycles. The standard InChI is InChI=1S/C21H31N5O5S/c1-12(2)19(17-11-13(3)15(5)30-17)23-14(4)21(25-31-22)24-16-9-8-10-18(20(16)27)32(28,29)26(6)7/h8-12,19,23,27H,4,22H2,1-3,5-7H3,(H,24,25)/t19-/m1/s1. The maximum atomic E-state index is 12.5. The molecule has 32 heavy (non-hydrogen) atoms. The Morgan fingerprint density at radius 3 is 2.47 bits per heavy atom. The molecule has 2 rings (SSSR count). The molecule has 5 N–H and O–H groups in total. The predicted molar refractivity (Wildman–Crippen MR) is 123 cm³/mol. The van der Waals surface area contributed by atoms with Gasteiger partial charge >= 0.3 is 0 Å². The number of furan rings is 1. The van der Waals surface area contributed by atoms with Crippen molar-refractivity contribution in [1.29, 1.82) is 0 Å². The van der Waals surface area contributed by atoms with Gasteiger partial charge in [-0.3, -0.25) is 0 Å². The van der Waals surface area contributed by atoms with Crippen LogP contribution in [0.3, 0.4) is 0 Å². The minimum absolute atomic E-state index is 0.0128. The normalized spacial score (nSPS) is 13.5. The van der Waals surface area contributed by atoms with Crippen LogP contribution in [0.5, 0.6) is 5.75 Å². The summed E-state index contributed by atoms with van der Waals surface area (Å²) in [5.41, 5.74) is 3.72. The maximum Gasteiger partial charge on any atom is 0.246 e. The second kappa shape index (κ2) is 10.2. The Hall–Kier alpha value is -2.86. The number of phenolic OH excluding ortho intramolecular Hbond substituents is 1. The number of benzene rings is 1. The van der Waals surface area contributed by atoms with E-state index in [9.17, 15) is 13.5 Å². The van der Waals surface area contributed by atoms with Gasteiger partial charge < -0.3 is 14.8 Å². The number of hydrogen-bond acceptors (Lipinski definition) is 8. The molecule has 11 heteroatoms. The van der Waals surface area contributed by atoms with E-state index >= 15 is 0 Å². The van der Waals surface area contributed by atoms with E-state index in [0.29, 0.717) is 5.70 Å². The highest BCUT2D eigenvalue weighted by Crippen LogP contribution is 2.34. The van der Waals surface area contributed by atoms with E-state index in [2.05, 4.69) is 27.3 Å². The minimum atomic E-state index is -3.88. The van der Waals surface area contributed by atoms with Crippen molar-refractivity contribution >= 4 is 21.5 Å². The number of phenols is 1. The molecule has 0 saturated carbocycles. The Bertz CT molecular complexity index is 1090. The molecule has 1 aromatic heterocycles. The number of sulfonamides is 1.